The summed E-state index contributed by atoms with van der Waals surface area (Å²) in [4.78, 5) is 4.25. The lowest BCUT2D eigenvalue weighted by Gasteiger charge is -2.10. The Hall–Kier alpha value is -2.95. The minimum atomic E-state index is 0. The zero-order valence-corrected chi connectivity index (χ0v) is 17.7. The predicted molar refractivity (Wildman–Crippen MR) is 119 cm³/mol. The topological polar surface area (TPSA) is 84.4 Å². The third-order valence-corrected chi connectivity index (χ3v) is 4.12. The molecule has 0 fully saturated rings. The van der Waals surface area contributed by atoms with Gasteiger partial charge in [-0.05, 0) is 30.3 Å². The highest BCUT2D eigenvalue weighted by atomic mass is 127. The van der Waals surface area contributed by atoms with Crippen LogP contribution in [0.1, 0.15) is 11.5 Å². The van der Waals surface area contributed by atoms with Crippen LogP contribution in [0.4, 0.5) is 0 Å². The summed E-state index contributed by atoms with van der Waals surface area (Å²) in [5.74, 6) is 1.50. The number of para-hydroxylation sites is 1. The van der Waals surface area contributed by atoms with Gasteiger partial charge in [0, 0.05) is 19.4 Å². The fourth-order valence-electron chi connectivity index (χ4n) is 2.75. The molecule has 0 saturated heterocycles. The number of nitrogens with zero attached hydrogens (tertiary/aromatic N) is 6. The number of hydrogen-bond donors (Lipinski definition) is 2. The van der Waals surface area contributed by atoms with E-state index in [-0.39, 0.29) is 24.0 Å². The van der Waals surface area contributed by atoms with E-state index in [4.69, 9.17) is 0 Å². The molecule has 0 aliphatic heterocycles. The second kappa shape index (κ2) is 9.31. The number of hydrogen-bond acceptors (Lipinski definition) is 4. The molecule has 0 spiro atoms. The van der Waals surface area contributed by atoms with Gasteiger partial charge < -0.3 is 10.6 Å². The van der Waals surface area contributed by atoms with Crippen molar-refractivity contribution in [1.82, 2.24) is 35.0 Å². The van der Waals surface area contributed by atoms with Crippen LogP contribution >= 0.6 is 24.0 Å². The molecule has 28 heavy (non-hydrogen) atoms. The molecular weight excluding hydrogens is 467 g/mol. The van der Waals surface area contributed by atoms with Gasteiger partial charge in [-0.3, -0.25) is 9.39 Å². The zero-order valence-electron chi connectivity index (χ0n) is 15.4. The van der Waals surface area contributed by atoms with Crippen molar-refractivity contribution in [2.75, 3.05) is 7.05 Å². The number of nitrogens with one attached hydrogen (secondary N) is 2. The standard InChI is InChI=1S/C19H20N8.HI/c1-20-19(22-14-18-24-23-17-9-5-6-11-26(17)18)21-13-15-10-12-27(25-15)16-7-3-2-4-8-16;/h2-12H,13-14H2,1H3,(H2,20,21,22);1H. The molecule has 0 saturated carbocycles. The summed E-state index contributed by atoms with van der Waals surface area (Å²) in [6.45, 7) is 1.09. The van der Waals surface area contributed by atoms with E-state index < -0.39 is 0 Å². The van der Waals surface area contributed by atoms with Crippen LogP contribution in [-0.4, -0.2) is 37.4 Å². The van der Waals surface area contributed by atoms with Gasteiger partial charge in [0.1, 0.15) is 0 Å². The van der Waals surface area contributed by atoms with E-state index in [0.29, 0.717) is 19.0 Å². The van der Waals surface area contributed by atoms with E-state index in [1.165, 1.54) is 0 Å². The van der Waals surface area contributed by atoms with E-state index in [1.54, 1.807) is 7.05 Å². The molecule has 3 aromatic heterocycles. The van der Waals surface area contributed by atoms with E-state index in [9.17, 15) is 0 Å². The maximum atomic E-state index is 4.58. The Bertz CT molecular complexity index is 1050. The molecule has 0 amide bonds. The van der Waals surface area contributed by atoms with Crippen LogP contribution in [0.2, 0.25) is 0 Å². The molecule has 2 N–H and O–H groups in total. The van der Waals surface area contributed by atoms with Crippen molar-refractivity contribution in [3.05, 3.63) is 78.5 Å². The lowest BCUT2D eigenvalue weighted by molar-refractivity contribution is 0.745. The van der Waals surface area contributed by atoms with Crippen LogP contribution in [0.3, 0.4) is 0 Å². The fraction of sp³-hybridized carbons (Fsp3) is 0.158. The molecule has 0 bridgehead atoms. The summed E-state index contributed by atoms with van der Waals surface area (Å²) in [6, 6.07) is 17.8. The first kappa shape index (κ1) is 19.8. The van der Waals surface area contributed by atoms with Crippen LogP contribution in [0.5, 0.6) is 0 Å². The highest BCUT2D eigenvalue weighted by Gasteiger charge is 2.06. The summed E-state index contributed by atoms with van der Waals surface area (Å²) in [5, 5.41) is 19.5. The van der Waals surface area contributed by atoms with Crippen LogP contribution in [0.15, 0.2) is 72.0 Å². The van der Waals surface area contributed by atoms with Gasteiger partial charge in [0.15, 0.2) is 17.4 Å². The lowest BCUT2D eigenvalue weighted by atomic mass is 10.3. The SMILES string of the molecule is CN=C(NCc1ccn(-c2ccccc2)n1)NCc1nnc2ccccn12.I. The lowest BCUT2D eigenvalue weighted by Crippen LogP contribution is -2.36. The second-order valence-corrected chi connectivity index (χ2v) is 5.91. The van der Waals surface area contributed by atoms with Gasteiger partial charge in [0.2, 0.25) is 0 Å². The second-order valence-electron chi connectivity index (χ2n) is 5.91. The van der Waals surface area contributed by atoms with Crippen molar-refractivity contribution in [2.45, 2.75) is 13.1 Å². The molecular formula is C19H21IN8. The summed E-state index contributed by atoms with van der Waals surface area (Å²) < 4.78 is 3.80. The first-order valence-electron chi connectivity index (χ1n) is 8.66. The van der Waals surface area contributed by atoms with Crippen molar-refractivity contribution in [2.24, 2.45) is 4.99 Å². The summed E-state index contributed by atoms with van der Waals surface area (Å²) in [7, 11) is 1.74. The normalized spacial score (nSPS) is 11.2. The van der Waals surface area contributed by atoms with Crippen LogP contribution in [0, 0.1) is 0 Å². The molecule has 4 rings (SSSR count). The molecule has 8 nitrogen and oxygen atoms in total. The Morgan fingerprint density at radius 3 is 2.54 bits per heavy atom. The number of pyridine rings is 1. The minimum Gasteiger partial charge on any atom is -0.351 e. The number of benzene rings is 1. The summed E-state index contributed by atoms with van der Waals surface area (Å²) in [5.41, 5.74) is 2.78. The van der Waals surface area contributed by atoms with E-state index >= 15 is 0 Å². The van der Waals surface area contributed by atoms with Crippen molar-refractivity contribution in [3.63, 3.8) is 0 Å². The predicted octanol–water partition coefficient (Wildman–Crippen LogP) is 2.40. The molecule has 0 aliphatic carbocycles. The summed E-state index contributed by atoms with van der Waals surface area (Å²) >= 11 is 0. The first-order valence-corrected chi connectivity index (χ1v) is 8.66. The molecule has 0 radical (unpaired) electrons. The largest absolute Gasteiger partial charge is 0.351 e. The number of rotatable bonds is 5. The Morgan fingerprint density at radius 2 is 1.71 bits per heavy atom. The summed E-state index contributed by atoms with van der Waals surface area (Å²) in [6.07, 6.45) is 3.89. The van der Waals surface area contributed by atoms with Crippen LogP contribution < -0.4 is 10.6 Å². The third kappa shape index (κ3) is 4.47. The van der Waals surface area contributed by atoms with Gasteiger partial charge in [-0.2, -0.15) is 5.10 Å². The molecule has 4 aromatic rings. The monoisotopic (exact) mass is 488 g/mol. The van der Waals surface area contributed by atoms with E-state index in [2.05, 4.69) is 30.9 Å². The number of halogens is 1. The van der Waals surface area contributed by atoms with E-state index in [1.807, 2.05) is 76.1 Å². The van der Waals surface area contributed by atoms with Gasteiger partial charge >= 0.3 is 0 Å². The van der Waals surface area contributed by atoms with Crippen LogP contribution in [-0.2, 0) is 13.1 Å². The Morgan fingerprint density at radius 1 is 0.929 bits per heavy atom. The molecule has 1 aromatic carbocycles. The van der Waals surface area contributed by atoms with Gasteiger partial charge in [-0.15, -0.1) is 34.2 Å². The smallest absolute Gasteiger partial charge is 0.191 e. The van der Waals surface area contributed by atoms with Gasteiger partial charge in [-0.25, -0.2) is 4.68 Å². The number of aromatic nitrogens is 5. The van der Waals surface area contributed by atoms with E-state index in [0.717, 1.165) is 22.9 Å². The molecule has 9 heteroatoms. The average molecular weight is 488 g/mol. The molecule has 3 heterocycles. The van der Waals surface area contributed by atoms with Gasteiger partial charge in [-0.1, -0.05) is 24.3 Å². The zero-order chi connectivity index (χ0) is 18.5. The number of aliphatic imine (C=N–C) groups is 1. The maximum absolute atomic E-state index is 4.58. The number of guanidine groups is 1. The average Bonchev–Trinajstić information content (AvgIpc) is 3.36. The van der Waals surface area contributed by atoms with Gasteiger partial charge in [0.05, 0.1) is 24.5 Å². The quantitative estimate of drug-likeness (QED) is 0.256. The third-order valence-electron chi connectivity index (χ3n) is 4.12. The van der Waals surface area contributed by atoms with Crippen molar-refractivity contribution in [3.8, 4) is 5.69 Å². The highest BCUT2D eigenvalue weighted by Crippen LogP contribution is 2.06. The molecule has 144 valence electrons. The Labute approximate surface area is 179 Å². The maximum Gasteiger partial charge on any atom is 0.191 e. The van der Waals surface area contributed by atoms with Crippen molar-refractivity contribution in [1.29, 1.82) is 0 Å². The minimum absolute atomic E-state index is 0. The highest BCUT2D eigenvalue weighted by molar-refractivity contribution is 14.0. The molecule has 0 atom stereocenters. The molecule has 0 unspecified atom stereocenters. The van der Waals surface area contributed by atoms with Crippen molar-refractivity contribution >= 4 is 35.6 Å². The Kier molecular flexibility index (Phi) is 6.58. The first-order chi connectivity index (χ1) is 13.3. The molecule has 0 aliphatic rings. The number of fused-ring (bicyclic) bond motifs is 1. The van der Waals surface area contributed by atoms with Crippen LogP contribution in [0.25, 0.3) is 11.3 Å². The fourth-order valence-corrected chi connectivity index (χ4v) is 2.75. The Balaban J connectivity index is 0.00000225. The van der Waals surface area contributed by atoms with Gasteiger partial charge in [0.25, 0.3) is 0 Å². The van der Waals surface area contributed by atoms with Crippen molar-refractivity contribution < 1.29 is 0 Å².